The largest absolute Gasteiger partial charge is 0.338 e. The van der Waals surface area contributed by atoms with Crippen LogP contribution >= 0.6 is 0 Å². The van der Waals surface area contributed by atoms with Crippen molar-refractivity contribution in [2.24, 2.45) is 5.73 Å². The maximum atomic E-state index is 11.2. The van der Waals surface area contributed by atoms with Crippen molar-refractivity contribution in [3.63, 3.8) is 0 Å². The highest BCUT2D eigenvalue weighted by Gasteiger charge is 2.32. The van der Waals surface area contributed by atoms with Crippen molar-refractivity contribution in [1.29, 1.82) is 0 Å². The van der Waals surface area contributed by atoms with Gasteiger partial charge in [-0.1, -0.05) is 5.16 Å². The number of nitrogens with two attached hydrogens (primary N) is 1. The number of hydrogen-bond acceptors (Lipinski definition) is 6. The number of hydrogen-bond donors (Lipinski definition) is 1. The summed E-state index contributed by atoms with van der Waals surface area (Å²) in [6, 6.07) is -0.315. The van der Waals surface area contributed by atoms with Gasteiger partial charge in [0, 0.05) is 5.92 Å². The highest BCUT2D eigenvalue weighted by molar-refractivity contribution is 7.91. The smallest absolute Gasteiger partial charge is 0.243 e. The Labute approximate surface area is 87.8 Å². The fraction of sp³-hybridized carbons (Fsp3) is 0.750. The molecule has 0 bridgehead atoms. The Bertz CT molecular complexity index is 451. The molecule has 1 fully saturated rings. The minimum absolute atomic E-state index is 0.116. The zero-order valence-electron chi connectivity index (χ0n) is 8.38. The predicted octanol–water partition coefficient (Wildman–Crippen LogP) is -0.00860. The van der Waals surface area contributed by atoms with Crippen LogP contribution in [0, 0.1) is 0 Å². The minimum Gasteiger partial charge on any atom is -0.338 e. The summed E-state index contributed by atoms with van der Waals surface area (Å²) in [5.41, 5.74) is 5.56. The van der Waals surface area contributed by atoms with Gasteiger partial charge in [0.25, 0.3) is 0 Å². The van der Waals surface area contributed by atoms with Crippen LogP contribution in [0.15, 0.2) is 4.52 Å². The van der Waals surface area contributed by atoms with Crippen LogP contribution in [-0.2, 0) is 9.84 Å². The summed E-state index contributed by atoms with van der Waals surface area (Å²) in [6.07, 6.45) is 0.570. The lowest BCUT2D eigenvalue weighted by Crippen LogP contribution is -2.07. The van der Waals surface area contributed by atoms with Crippen LogP contribution in [0.4, 0.5) is 0 Å². The van der Waals surface area contributed by atoms with Crippen LogP contribution in [0.25, 0.3) is 0 Å². The Balaban J connectivity index is 2.17. The first kappa shape index (κ1) is 10.6. The molecule has 0 saturated carbocycles. The molecule has 15 heavy (non-hydrogen) atoms. The van der Waals surface area contributed by atoms with E-state index < -0.39 is 9.84 Å². The van der Waals surface area contributed by atoms with Gasteiger partial charge >= 0.3 is 0 Å². The van der Waals surface area contributed by atoms with Crippen molar-refractivity contribution >= 4 is 9.84 Å². The maximum Gasteiger partial charge on any atom is 0.243 e. The first-order valence-corrected chi connectivity index (χ1v) is 6.59. The Morgan fingerprint density at radius 3 is 2.80 bits per heavy atom. The molecule has 6 nitrogen and oxygen atoms in total. The summed E-state index contributed by atoms with van der Waals surface area (Å²) in [5.74, 6) is 1.01. The fourth-order valence-corrected chi connectivity index (χ4v) is 3.34. The zero-order valence-corrected chi connectivity index (χ0v) is 9.20. The third kappa shape index (κ3) is 2.18. The molecule has 2 atom stereocenters. The Kier molecular flexibility index (Phi) is 2.51. The lowest BCUT2D eigenvalue weighted by Gasteiger charge is -1.98. The summed E-state index contributed by atoms with van der Waals surface area (Å²) >= 11 is 0. The van der Waals surface area contributed by atoms with Gasteiger partial charge in [0.15, 0.2) is 15.7 Å². The zero-order chi connectivity index (χ0) is 11.1. The standard InChI is InChI=1S/C8H13N3O3S/c1-5(9)8-10-7(11-14-8)6-2-3-15(12,13)4-6/h5-6H,2-4,9H2,1H3/t5-,6?/m1/s1. The van der Waals surface area contributed by atoms with Crippen molar-refractivity contribution in [3.05, 3.63) is 11.7 Å². The molecule has 1 unspecified atom stereocenters. The number of nitrogens with zero attached hydrogens (tertiary/aromatic N) is 2. The molecule has 2 heterocycles. The summed E-state index contributed by atoms with van der Waals surface area (Å²) in [6.45, 7) is 1.74. The van der Waals surface area contributed by atoms with Gasteiger partial charge in [-0.2, -0.15) is 4.98 Å². The topological polar surface area (TPSA) is 99.1 Å². The second-order valence-electron chi connectivity index (χ2n) is 3.88. The molecular weight excluding hydrogens is 218 g/mol. The molecule has 1 aromatic rings. The van der Waals surface area contributed by atoms with Crippen LogP contribution in [0.3, 0.4) is 0 Å². The monoisotopic (exact) mass is 231 g/mol. The summed E-state index contributed by atoms with van der Waals surface area (Å²) in [7, 11) is -2.91. The van der Waals surface area contributed by atoms with E-state index in [9.17, 15) is 8.42 Å². The molecule has 84 valence electrons. The number of rotatable bonds is 2. The molecule has 0 radical (unpaired) electrons. The van der Waals surface area contributed by atoms with E-state index in [0.717, 1.165) is 0 Å². The molecule has 0 aliphatic carbocycles. The van der Waals surface area contributed by atoms with Crippen LogP contribution in [0.2, 0.25) is 0 Å². The average molecular weight is 231 g/mol. The molecular formula is C8H13N3O3S. The molecule has 7 heteroatoms. The number of aromatic nitrogens is 2. The first-order valence-electron chi connectivity index (χ1n) is 4.77. The molecule has 1 aliphatic rings. The van der Waals surface area contributed by atoms with Crippen molar-refractivity contribution in [2.75, 3.05) is 11.5 Å². The van der Waals surface area contributed by atoms with Gasteiger partial charge in [-0.3, -0.25) is 0 Å². The van der Waals surface area contributed by atoms with Crippen LogP contribution < -0.4 is 5.73 Å². The molecule has 0 amide bonds. The van der Waals surface area contributed by atoms with Gasteiger partial charge in [0.2, 0.25) is 5.89 Å². The van der Waals surface area contributed by atoms with Crippen molar-refractivity contribution in [1.82, 2.24) is 10.1 Å². The van der Waals surface area contributed by atoms with E-state index in [1.807, 2.05) is 0 Å². The van der Waals surface area contributed by atoms with Crippen molar-refractivity contribution in [2.45, 2.75) is 25.3 Å². The maximum absolute atomic E-state index is 11.2. The summed E-state index contributed by atoms with van der Waals surface area (Å²) in [4.78, 5) is 4.09. The van der Waals surface area contributed by atoms with Gasteiger partial charge < -0.3 is 10.3 Å². The Morgan fingerprint density at radius 2 is 2.33 bits per heavy atom. The highest BCUT2D eigenvalue weighted by atomic mass is 32.2. The van der Waals surface area contributed by atoms with Crippen LogP contribution in [0.5, 0.6) is 0 Å². The average Bonchev–Trinajstić information content (AvgIpc) is 2.70. The summed E-state index contributed by atoms with van der Waals surface area (Å²) in [5, 5.41) is 3.75. The van der Waals surface area contributed by atoms with Gasteiger partial charge in [-0.05, 0) is 13.3 Å². The molecule has 1 aliphatic heterocycles. The normalized spacial score (nSPS) is 26.7. The van der Waals surface area contributed by atoms with Crippen molar-refractivity contribution < 1.29 is 12.9 Å². The number of sulfone groups is 1. The van der Waals surface area contributed by atoms with E-state index >= 15 is 0 Å². The van der Waals surface area contributed by atoms with E-state index in [-0.39, 0.29) is 23.5 Å². The molecule has 1 saturated heterocycles. The highest BCUT2D eigenvalue weighted by Crippen LogP contribution is 2.27. The Hall–Kier alpha value is -0.950. The van der Waals surface area contributed by atoms with E-state index in [0.29, 0.717) is 18.1 Å². The van der Waals surface area contributed by atoms with E-state index in [2.05, 4.69) is 10.1 Å². The third-order valence-corrected chi connectivity index (χ3v) is 4.21. The van der Waals surface area contributed by atoms with Crippen LogP contribution in [0.1, 0.15) is 37.0 Å². The molecule has 0 spiro atoms. The minimum atomic E-state index is -2.91. The van der Waals surface area contributed by atoms with Crippen molar-refractivity contribution in [3.8, 4) is 0 Å². The van der Waals surface area contributed by atoms with E-state index in [1.165, 1.54) is 0 Å². The van der Waals surface area contributed by atoms with Gasteiger partial charge in [-0.25, -0.2) is 8.42 Å². The Morgan fingerprint density at radius 1 is 1.60 bits per heavy atom. The fourth-order valence-electron chi connectivity index (χ4n) is 1.60. The summed E-state index contributed by atoms with van der Waals surface area (Å²) < 4.78 is 27.4. The second-order valence-corrected chi connectivity index (χ2v) is 6.11. The van der Waals surface area contributed by atoms with E-state index in [4.69, 9.17) is 10.3 Å². The molecule has 2 rings (SSSR count). The van der Waals surface area contributed by atoms with Gasteiger partial charge in [0.1, 0.15) is 0 Å². The third-order valence-electron chi connectivity index (χ3n) is 2.44. The molecule has 2 N–H and O–H groups in total. The van der Waals surface area contributed by atoms with Gasteiger partial charge in [0.05, 0.1) is 17.5 Å². The van der Waals surface area contributed by atoms with Crippen LogP contribution in [-0.4, -0.2) is 30.1 Å². The van der Waals surface area contributed by atoms with Gasteiger partial charge in [-0.15, -0.1) is 0 Å². The predicted molar refractivity (Wildman–Crippen MR) is 52.9 cm³/mol. The quantitative estimate of drug-likeness (QED) is 0.768. The lowest BCUT2D eigenvalue weighted by atomic mass is 10.1. The lowest BCUT2D eigenvalue weighted by molar-refractivity contribution is 0.355. The van der Waals surface area contributed by atoms with E-state index in [1.54, 1.807) is 6.92 Å². The molecule has 0 aromatic carbocycles. The molecule has 1 aromatic heterocycles. The SMILES string of the molecule is C[C@@H](N)c1nc(C2CCS(=O)(=O)C2)no1. The second kappa shape index (κ2) is 3.57. The first-order chi connectivity index (χ1) is 6.98.